The minimum atomic E-state index is 0. The molecule has 0 aliphatic carbocycles. The van der Waals surface area contributed by atoms with E-state index in [1.165, 1.54) is 5.56 Å². The number of methoxy groups -OCH3 is 1. The molecule has 19 heavy (non-hydrogen) atoms. The Morgan fingerprint density at radius 1 is 1.37 bits per heavy atom. The Morgan fingerprint density at radius 2 is 2.05 bits per heavy atom. The predicted octanol–water partition coefficient (Wildman–Crippen LogP) is 2.39. The minimum Gasteiger partial charge on any atom is -0.497 e. The maximum atomic E-state index is 5.26. The van der Waals surface area contributed by atoms with Gasteiger partial charge in [0.15, 0.2) is 5.96 Å². The number of ether oxygens (including phenoxy) is 1. The van der Waals surface area contributed by atoms with Crippen LogP contribution >= 0.6 is 24.0 Å². The molecule has 1 rings (SSSR count). The van der Waals surface area contributed by atoms with Crippen LogP contribution in [0.4, 0.5) is 0 Å². The van der Waals surface area contributed by atoms with Crippen LogP contribution in [0.1, 0.15) is 19.4 Å². The van der Waals surface area contributed by atoms with Gasteiger partial charge >= 0.3 is 0 Å². The number of benzene rings is 1. The minimum absolute atomic E-state index is 0. The molecule has 2 N–H and O–H groups in total. The van der Waals surface area contributed by atoms with E-state index in [1.54, 1.807) is 14.2 Å². The van der Waals surface area contributed by atoms with Gasteiger partial charge in [-0.15, -0.1) is 24.0 Å². The van der Waals surface area contributed by atoms with Crippen LogP contribution in [0.15, 0.2) is 29.3 Å². The van der Waals surface area contributed by atoms with Crippen molar-refractivity contribution in [3.05, 3.63) is 29.8 Å². The molecule has 0 saturated carbocycles. The lowest BCUT2D eigenvalue weighted by molar-refractivity contribution is 0.411. The Hall–Kier alpha value is -0.980. The van der Waals surface area contributed by atoms with E-state index in [2.05, 4.69) is 41.6 Å². The van der Waals surface area contributed by atoms with Crippen molar-refractivity contribution < 1.29 is 4.74 Å². The van der Waals surface area contributed by atoms with Crippen LogP contribution in [0.2, 0.25) is 0 Å². The maximum Gasteiger partial charge on any atom is 0.190 e. The van der Waals surface area contributed by atoms with Gasteiger partial charge in [0.2, 0.25) is 0 Å². The van der Waals surface area contributed by atoms with E-state index in [9.17, 15) is 0 Å². The lowest BCUT2D eigenvalue weighted by Crippen LogP contribution is -2.42. The van der Waals surface area contributed by atoms with Gasteiger partial charge in [0.25, 0.3) is 0 Å². The first-order valence-electron chi connectivity index (χ1n) is 6.06. The van der Waals surface area contributed by atoms with Crippen molar-refractivity contribution in [1.82, 2.24) is 10.6 Å². The fourth-order valence-electron chi connectivity index (χ4n) is 1.73. The molecule has 0 spiro atoms. The van der Waals surface area contributed by atoms with Gasteiger partial charge in [0.05, 0.1) is 7.11 Å². The number of aliphatic imine (C=N–C) groups is 1. The zero-order valence-corrected chi connectivity index (χ0v) is 14.6. The molecule has 0 unspecified atom stereocenters. The fourth-order valence-corrected chi connectivity index (χ4v) is 1.73. The van der Waals surface area contributed by atoms with E-state index in [0.29, 0.717) is 0 Å². The number of hydrogen-bond donors (Lipinski definition) is 2. The average Bonchev–Trinajstić information content (AvgIpc) is 2.40. The lowest BCUT2D eigenvalue weighted by atomic mass is 9.84. The number of rotatable bonds is 4. The zero-order valence-electron chi connectivity index (χ0n) is 12.3. The number of nitrogens with zero attached hydrogens (tertiary/aromatic N) is 1. The highest BCUT2D eigenvalue weighted by atomic mass is 127. The van der Waals surface area contributed by atoms with Crippen molar-refractivity contribution in [2.24, 2.45) is 4.99 Å². The van der Waals surface area contributed by atoms with Crippen molar-refractivity contribution in [2.45, 2.75) is 19.3 Å². The standard InChI is InChI=1S/C14H23N3O.HI/c1-14(2,10-17-13(15-3)16-4)11-7-6-8-12(9-11)18-5;/h6-9H,10H2,1-5H3,(H2,15,16,17);1H. The van der Waals surface area contributed by atoms with Gasteiger partial charge in [0, 0.05) is 26.1 Å². The molecule has 108 valence electrons. The van der Waals surface area contributed by atoms with Crippen LogP contribution < -0.4 is 15.4 Å². The van der Waals surface area contributed by atoms with Crippen LogP contribution in [-0.4, -0.2) is 33.7 Å². The summed E-state index contributed by atoms with van der Waals surface area (Å²) in [7, 11) is 5.30. The van der Waals surface area contributed by atoms with Gasteiger partial charge in [0.1, 0.15) is 5.75 Å². The van der Waals surface area contributed by atoms with Crippen molar-refractivity contribution in [3.8, 4) is 5.75 Å². The first kappa shape index (κ1) is 18.0. The number of halogens is 1. The molecule has 1 aromatic carbocycles. The second-order valence-corrected chi connectivity index (χ2v) is 4.79. The number of nitrogens with one attached hydrogen (secondary N) is 2. The van der Waals surface area contributed by atoms with Gasteiger partial charge in [-0.1, -0.05) is 26.0 Å². The average molecular weight is 377 g/mol. The largest absolute Gasteiger partial charge is 0.497 e. The quantitative estimate of drug-likeness (QED) is 0.481. The summed E-state index contributed by atoms with van der Waals surface area (Å²) in [5.74, 6) is 1.68. The van der Waals surface area contributed by atoms with E-state index in [1.807, 2.05) is 19.2 Å². The van der Waals surface area contributed by atoms with E-state index in [4.69, 9.17) is 4.74 Å². The highest BCUT2D eigenvalue weighted by Crippen LogP contribution is 2.25. The monoisotopic (exact) mass is 377 g/mol. The summed E-state index contributed by atoms with van der Waals surface area (Å²) < 4.78 is 5.26. The summed E-state index contributed by atoms with van der Waals surface area (Å²) >= 11 is 0. The lowest BCUT2D eigenvalue weighted by Gasteiger charge is -2.26. The van der Waals surface area contributed by atoms with Crippen LogP contribution in [0.5, 0.6) is 5.75 Å². The molecule has 0 aliphatic rings. The van der Waals surface area contributed by atoms with Crippen LogP contribution in [-0.2, 0) is 5.41 Å². The maximum absolute atomic E-state index is 5.26. The predicted molar refractivity (Wildman–Crippen MR) is 91.9 cm³/mol. The topological polar surface area (TPSA) is 45.7 Å². The number of guanidine groups is 1. The van der Waals surface area contributed by atoms with Crippen molar-refractivity contribution in [1.29, 1.82) is 0 Å². The molecular formula is C14H24IN3O. The van der Waals surface area contributed by atoms with Crippen LogP contribution in [0.3, 0.4) is 0 Å². The SMILES string of the molecule is CN=C(NC)NCC(C)(C)c1cccc(OC)c1.I. The third kappa shape index (κ3) is 5.26. The third-order valence-electron chi connectivity index (χ3n) is 3.01. The van der Waals surface area contributed by atoms with Crippen molar-refractivity contribution >= 4 is 29.9 Å². The molecule has 0 amide bonds. The van der Waals surface area contributed by atoms with Gasteiger partial charge in [-0.05, 0) is 17.7 Å². The van der Waals surface area contributed by atoms with E-state index in [0.717, 1.165) is 18.3 Å². The van der Waals surface area contributed by atoms with Gasteiger partial charge in [-0.2, -0.15) is 0 Å². The highest BCUT2D eigenvalue weighted by Gasteiger charge is 2.21. The first-order chi connectivity index (χ1) is 8.53. The second kappa shape index (κ2) is 8.24. The molecule has 5 heteroatoms. The molecule has 1 aromatic rings. The summed E-state index contributed by atoms with van der Waals surface area (Å²) in [6, 6.07) is 8.17. The van der Waals surface area contributed by atoms with E-state index in [-0.39, 0.29) is 29.4 Å². The molecular weight excluding hydrogens is 353 g/mol. The fraction of sp³-hybridized carbons (Fsp3) is 0.500. The molecule has 0 aromatic heterocycles. The smallest absolute Gasteiger partial charge is 0.190 e. The highest BCUT2D eigenvalue weighted by molar-refractivity contribution is 14.0. The zero-order chi connectivity index (χ0) is 13.6. The first-order valence-corrected chi connectivity index (χ1v) is 6.06. The summed E-state index contributed by atoms with van der Waals surface area (Å²) in [5, 5.41) is 6.31. The van der Waals surface area contributed by atoms with Crippen molar-refractivity contribution in [3.63, 3.8) is 0 Å². The molecule has 0 heterocycles. The normalized spacial score (nSPS) is 11.5. The van der Waals surface area contributed by atoms with Gasteiger partial charge in [-0.25, -0.2) is 0 Å². The molecule has 0 aliphatic heterocycles. The molecule has 0 atom stereocenters. The summed E-state index contributed by atoms with van der Waals surface area (Å²) in [5.41, 5.74) is 1.24. The summed E-state index contributed by atoms with van der Waals surface area (Å²) in [4.78, 5) is 4.11. The van der Waals surface area contributed by atoms with Gasteiger partial charge < -0.3 is 15.4 Å². The Kier molecular flexibility index (Phi) is 7.82. The Labute approximate surface area is 133 Å². The molecule has 0 saturated heterocycles. The number of hydrogen-bond acceptors (Lipinski definition) is 2. The molecule has 4 nitrogen and oxygen atoms in total. The second-order valence-electron chi connectivity index (χ2n) is 4.79. The van der Waals surface area contributed by atoms with E-state index >= 15 is 0 Å². The Morgan fingerprint density at radius 3 is 2.58 bits per heavy atom. The van der Waals surface area contributed by atoms with Crippen LogP contribution in [0, 0.1) is 0 Å². The summed E-state index contributed by atoms with van der Waals surface area (Å²) in [6.07, 6.45) is 0. The molecule has 0 bridgehead atoms. The molecule has 0 fully saturated rings. The summed E-state index contributed by atoms with van der Waals surface area (Å²) in [6.45, 7) is 5.18. The van der Waals surface area contributed by atoms with Crippen LogP contribution in [0.25, 0.3) is 0 Å². The van der Waals surface area contributed by atoms with Crippen molar-refractivity contribution in [2.75, 3.05) is 27.7 Å². The third-order valence-corrected chi connectivity index (χ3v) is 3.01. The van der Waals surface area contributed by atoms with Gasteiger partial charge in [-0.3, -0.25) is 4.99 Å². The Bertz CT molecular complexity index is 419. The Balaban J connectivity index is 0.00000324. The van der Waals surface area contributed by atoms with E-state index < -0.39 is 0 Å². The molecule has 0 radical (unpaired) electrons.